The van der Waals surface area contributed by atoms with Gasteiger partial charge in [0.25, 0.3) is 5.91 Å². The Labute approximate surface area is 135 Å². The van der Waals surface area contributed by atoms with Crippen LogP contribution in [0.1, 0.15) is 43.0 Å². The summed E-state index contributed by atoms with van der Waals surface area (Å²) in [5.74, 6) is -1.15. The number of amides is 2. The molecule has 1 heterocycles. The van der Waals surface area contributed by atoms with Gasteiger partial charge in [0.15, 0.2) is 0 Å². The molecule has 1 aromatic carbocycles. The van der Waals surface area contributed by atoms with Gasteiger partial charge in [-0.25, -0.2) is 0 Å². The largest absolute Gasteiger partial charge is 0.466 e. The number of benzene rings is 1. The van der Waals surface area contributed by atoms with E-state index in [1.165, 1.54) is 0 Å². The quantitative estimate of drug-likeness (QED) is 0.667. The van der Waals surface area contributed by atoms with Gasteiger partial charge in [0.05, 0.1) is 17.9 Å². The molecule has 0 aliphatic carbocycles. The van der Waals surface area contributed by atoms with Crippen molar-refractivity contribution >= 4 is 23.5 Å². The molecule has 6 nitrogen and oxygen atoms in total. The number of esters is 1. The number of rotatable bonds is 5. The maximum absolute atomic E-state index is 12.6. The molecule has 1 aliphatic rings. The number of piperidine rings is 1. The molecule has 2 rings (SSSR count). The van der Waals surface area contributed by atoms with Crippen molar-refractivity contribution in [2.24, 2.45) is 0 Å². The van der Waals surface area contributed by atoms with Gasteiger partial charge in [-0.2, -0.15) is 0 Å². The number of hydrogen-bond acceptors (Lipinski definition) is 4. The Morgan fingerprint density at radius 1 is 1.13 bits per heavy atom. The van der Waals surface area contributed by atoms with Crippen LogP contribution in [0.5, 0.6) is 0 Å². The number of carbonyl (C=O) groups excluding carboxylic acids is 3. The monoisotopic (exact) mass is 318 g/mol. The van der Waals surface area contributed by atoms with Crippen molar-refractivity contribution in [3.05, 3.63) is 29.8 Å². The molecule has 0 spiro atoms. The standard InChI is InChI=1S/C17H22N2O4/c1-2-23-16(21)12-15(20)18-14-9-5-4-8-13(14)17(22)19-10-6-3-7-11-19/h4-5,8-9H,2-3,6-7,10-12H2,1H3,(H,18,20). The summed E-state index contributed by atoms with van der Waals surface area (Å²) in [6.45, 7) is 3.40. The minimum atomic E-state index is -0.579. The fraction of sp³-hybridized carbons (Fsp3) is 0.471. The Hall–Kier alpha value is -2.37. The van der Waals surface area contributed by atoms with Crippen LogP contribution in [0.25, 0.3) is 0 Å². The number of nitrogens with zero attached hydrogens (tertiary/aromatic N) is 1. The van der Waals surface area contributed by atoms with E-state index in [0.29, 0.717) is 11.3 Å². The molecule has 0 radical (unpaired) electrons. The predicted octanol–water partition coefficient (Wildman–Crippen LogP) is 2.20. The molecule has 6 heteroatoms. The molecular formula is C17H22N2O4. The van der Waals surface area contributed by atoms with E-state index in [2.05, 4.69) is 5.32 Å². The third kappa shape index (κ3) is 4.81. The summed E-state index contributed by atoms with van der Waals surface area (Å²) in [5, 5.41) is 2.63. The Balaban J connectivity index is 2.06. The number of anilines is 1. The molecule has 1 aromatic rings. The third-order valence-corrected chi connectivity index (χ3v) is 3.69. The maximum Gasteiger partial charge on any atom is 0.315 e. The van der Waals surface area contributed by atoms with Gasteiger partial charge in [0, 0.05) is 13.1 Å². The highest BCUT2D eigenvalue weighted by molar-refractivity contribution is 6.07. The molecule has 0 aromatic heterocycles. The van der Waals surface area contributed by atoms with Crippen molar-refractivity contribution in [3.8, 4) is 0 Å². The molecule has 2 amide bonds. The second kappa shape index (κ2) is 8.31. The summed E-state index contributed by atoms with van der Waals surface area (Å²) in [5.41, 5.74) is 0.879. The van der Waals surface area contributed by atoms with Gasteiger partial charge >= 0.3 is 5.97 Å². The van der Waals surface area contributed by atoms with E-state index < -0.39 is 11.9 Å². The number of likely N-dealkylation sites (tertiary alicyclic amines) is 1. The van der Waals surface area contributed by atoms with Gasteiger partial charge in [0.1, 0.15) is 6.42 Å². The molecule has 0 saturated carbocycles. The summed E-state index contributed by atoms with van der Waals surface area (Å²) < 4.78 is 4.75. The zero-order valence-electron chi connectivity index (χ0n) is 13.3. The first-order chi connectivity index (χ1) is 11.1. The molecule has 0 bridgehead atoms. The topological polar surface area (TPSA) is 75.7 Å². The van der Waals surface area contributed by atoms with E-state index in [1.54, 1.807) is 36.1 Å². The molecule has 1 saturated heterocycles. The molecule has 0 unspecified atom stereocenters. The van der Waals surface area contributed by atoms with Crippen LogP contribution in [0.4, 0.5) is 5.69 Å². The van der Waals surface area contributed by atoms with Crippen LogP contribution >= 0.6 is 0 Å². The Morgan fingerprint density at radius 3 is 2.52 bits per heavy atom. The number of carbonyl (C=O) groups is 3. The number of hydrogen-bond donors (Lipinski definition) is 1. The summed E-state index contributed by atoms with van der Waals surface area (Å²) >= 11 is 0. The number of ether oxygens (including phenoxy) is 1. The Bertz CT molecular complexity index is 580. The second-order valence-electron chi connectivity index (χ2n) is 5.43. The highest BCUT2D eigenvalue weighted by Gasteiger charge is 2.21. The summed E-state index contributed by atoms with van der Waals surface area (Å²) in [6.07, 6.45) is 2.79. The molecule has 1 aliphatic heterocycles. The Morgan fingerprint density at radius 2 is 1.83 bits per heavy atom. The van der Waals surface area contributed by atoms with E-state index in [-0.39, 0.29) is 18.9 Å². The minimum Gasteiger partial charge on any atom is -0.466 e. The van der Waals surface area contributed by atoms with Crippen molar-refractivity contribution in [1.29, 1.82) is 0 Å². The van der Waals surface area contributed by atoms with Gasteiger partial charge in [0.2, 0.25) is 5.91 Å². The lowest BCUT2D eigenvalue weighted by Crippen LogP contribution is -2.36. The van der Waals surface area contributed by atoms with Gasteiger partial charge in [-0.3, -0.25) is 14.4 Å². The van der Waals surface area contributed by atoms with Gasteiger partial charge < -0.3 is 15.0 Å². The average Bonchev–Trinajstić information content (AvgIpc) is 2.55. The van der Waals surface area contributed by atoms with Crippen LogP contribution in [0.3, 0.4) is 0 Å². The highest BCUT2D eigenvalue weighted by atomic mass is 16.5. The SMILES string of the molecule is CCOC(=O)CC(=O)Nc1ccccc1C(=O)N1CCCCC1. The minimum absolute atomic E-state index is 0.0864. The lowest BCUT2D eigenvalue weighted by Gasteiger charge is -2.27. The average molecular weight is 318 g/mol. The van der Waals surface area contributed by atoms with Crippen LogP contribution in [-0.4, -0.2) is 42.4 Å². The summed E-state index contributed by atoms with van der Waals surface area (Å²) in [6, 6.07) is 6.86. The number of para-hydroxylation sites is 1. The maximum atomic E-state index is 12.6. The smallest absolute Gasteiger partial charge is 0.315 e. The first kappa shape index (κ1) is 17.0. The number of nitrogens with one attached hydrogen (secondary N) is 1. The zero-order chi connectivity index (χ0) is 16.7. The van der Waals surface area contributed by atoms with Crippen LogP contribution < -0.4 is 5.32 Å². The van der Waals surface area contributed by atoms with Crippen molar-refractivity contribution in [3.63, 3.8) is 0 Å². The predicted molar refractivity (Wildman–Crippen MR) is 86.1 cm³/mol. The first-order valence-electron chi connectivity index (χ1n) is 7.95. The molecule has 0 atom stereocenters. The fourth-order valence-corrected chi connectivity index (χ4v) is 2.58. The Kier molecular flexibility index (Phi) is 6.14. The zero-order valence-corrected chi connectivity index (χ0v) is 13.3. The van der Waals surface area contributed by atoms with Gasteiger partial charge in [-0.05, 0) is 38.3 Å². The van der Waals surface area contributed by atoms with Crippen LogP contribution in [0.15, 0.2) is 24.3 Å². The molecule has 124 valence electrons. The van der Waals surface area contributed by atoms with E-state index in [4.69, 9.17) is 4.74 Å². The van der Waals surface area contributed by atoms with Gasteiger partial charge in [-0.15, -0.1) is 0 Å². The summed E-state index contributed by atoms with van der Waals surface area (Å²) in [7, 11) is 0. The van der Waals surface area contributed by atoms with Crippen molar-refractivity contribution in [2.75, 3.05) is 25.0 Å². The van der Waals surface area contributed by atoms with E-state index >= 15 is 0 Å². The first-order valence-corrected chi connectivity index (χ1v) is 7.95. The van der Waals surface area contributed by atoms with Crippen molar-refractivity contribution < 1.29 is 19.1 Å². The third-order valence-electron chi connectivity index (χ3n) is 3.69. The van der Waals surface area contributed by atoms with Crippen LogP contribution in [0.2, 0.25) is 0 Å². The molecular weight excluding hydrogens is 296 g/mol. The summed E-state index contributed by atoms with van der Waals surface area (Å²) in [4.78, 5) is 37.7. The normalized spacial score (nSPS) is 14.2. The van der Waals surface area contributed by atoms with E-state index in [1.807, 2.05) is 0 Å². The van der Waals surface area contributed by atoms with E-state index in [0.717, 1.165) is 32.4 Å². The molecule has 23 heavy (non-hydrogen) atoms. The lowest BCUT2D eigenvalue weighted by molar-refractivity contribution is -0.145. The fourth-order valence-electron chi connectivity index (χ4n) is 2.58. The van der Waals surface area contributed by atoms with Crippen LogP contribution in [-0.2, 0) is 14.3 Å². The molecule has 1 N–H and O–H groups in total. The van der Waals surface area contributed by atoms with Crippen molar-refractivity contribution in [1.82, 2.24) is 4.90 Å². The van der Waals surface area contributed by atoms with E-state index in [9.17, 15) is 14.4 Å². The van der Waals surface area contributed by atoms with Crippen molar-refractivity contribution in [2.45, 2.75) is 32.6 Å². The van der Waals surface area contributed by atoms with Gasteiger partial charge in [-0.1, -0.05) is 12.1 Å². The second-order valence-corrected chi connectivity index (χ2v) is 5.43. The molecule has 1 fully saturated rings. The van der Waals surface area contributed by atoms with Crippen LogP contribution in [0, 0.1) is 0 Å². The lowest BCUT2D eigenvalue weighted by atomic mass is 10.1. The highest BCUT2D eigenvalue weighted by Crippen LogP contribution is 2.20.